The average molecular weight is 358 g/mol. The molecule has 1 aromatic heterocycles. The molecule has 22 heavy (non-hydrogen) atoms. The highest BCUT2D eigenvalue weighted by Gasteiger charge is 2.08. The molecule has 0 spiro atoms. The lowest BCUT2D eigenvalue weighted by Crippen LogP contribution is -2.22. The molecule has 8 heteroatoms. The van der Waals surface area contributed by atoms with Gasteiger partial charge in [-0.25, -0.2) is 4.98 Å². The first kappa shape index (κ1) is 16.9. The van der Waals surface area contributed by atoms with Gasteiger partial charge >= 0.3 is 0 Å². The van der Waals surface area contributed by atoms with Gasteiger partial charge < -0.3 is 10.3 Å². The topological polar surface area (TPSA) is 74.8 Å². The number of aromatic amines is 1. The van der Waals surface area contributed by atoms with E-state index in [1.54, 1.807) is 12.1 Å². The Morgan fingerprint density at radius 1 is 1.36 bits per heavy atom. The van der Waals surface area contributed by atoms with Gasteiger partial charge in [0.25, 0.3) is 5.56 Å². The van der Waals surface area contributed by atoms with Crippen LogP contribution in [0.15, 0.2) is 34.2 Å². The summed E-state index contributed by atoms with van der Waals surface area (Å²) in [6, 6.07) is 6.55. The lowest BCUT2D eigenvalue weighted by Gasteiger charge is -2.06. The lowest BCUT2D eigenvalue weighted by molar-refractivity contribution is -0.120. The number of carbonyl (C=O) groups is 1. The van der Waals surface area contributed by atoms with Crippen molar-refractivity contribution in [2.75, 3.05) is 7.05 Å². The Morgan fingerprint density at radius 3 is 2.82 bits per heavy atom. The summed E-state index contributed by atoms with van der Waals surface area (Å²) in [5, 5.41) is 4.06. The highest BCUT2D eigenvalue weighted by Crippen LogP contribution is 2.26. The van der Waals surface area contributed by atoms with Crippen LogP contribution in [-0.4, -0.2) is 22.9 Å². The van der Waals surface area contributed by atoms with E-state index in [0.717, 1.165) is 5.56 Å². The minimum absolute atomic E-state index is 0.0652. The fraction of sp³-hybridized carbons (Fsp3) is 0.214. The van der Waals surface area contributed by atoms with Gasteiger partial charge in [0.2, 0.25) is 5.91 Å². The summed E-state index contributed by atoms with van der Waals surface area (Å²) in [4.78, 5) is 29.9. The van der Waals surface area contributed by atoms with Crippen LogP contribution < -0.4 is 10.9 Å². The van der Waals surface area contributed by atoms with E-state index < -0.39 is 0 Å². The van der Waals surface area contributed by atoms with Crippen LogP contribution in [0.5, 0.6) is 0 Å². The van der Waals surface area contributed by atoms with E-state index in [-0.39, 0.29) is 17.9 Å². The standard InChI is InChI=1S/C14H13Cl2N3O2S/c1-17-12(20)5-10-6-13(21)19-14(18-10)22-7-8-2-3-9(15)4-11(8)16/h2-4,6H,5,7H2,1H3,(H,17,20)(H,18,19,21). The van der Waals surface area contributed by atoms with E-state index in [0.29, 0.717) is 26.6 Å². The number of hydrogen-bond acceptors (Lipinski definition) is 4. The zero-order valence-electron chi connectivity index (χ0n) is 11.7. The van der Waals surface area contributed by atoms with Crippen LogP contribution in [0.2, 0.25) is 10.0 Å². The number of carbonyl (C=O) groups excluding carboxylic acids is 1. The van der Waals surface area contributed by atoms with Crippen molar-refractivity contribution in [3.63, 3.8) is 0 Å². The van der Waals surface area contributed by atoms with Gasteiger partial charge in [-0.1, -0.05) is 41.0 Å². The molecule has 2 N–H and O–H groups in total. The van der Waals surface area contributed by atoms with Crippen molar-refractivity contribution in [1.82, 2.24) is 15.3 Å². The Bertz CT molecular complexity index is 749. The zero-order chi connectivity index (χ0) is 16.1. The first-order valence-corrected chi connectivity index (χ1v) is 8.09. The van der Waals surface area contributed by atoms with Crippen LogP contribution in [0.3, 0.4) is 0 Å². The van der Waals surface area contributed by atoms with Crippen LogP contribution in [0, 0.1) is 0 Å². The number of aromatic nitrogens is 2. The molecule has 0 bridgehead atoms. The second-order valence-electron chi connectivity index (χ2n) is 4.42. The maximum Gasteiger partial charge on any atom is 0.251 e. The van der Waals surface area contributed by atoms with E-state index in [9.17, 15) is 9.59 Å². The molecule has 1 heterocycles. The fourth-order valence-corrected chi connectivity index (χ4v) is 3.13. The summed E-state index contributed by atoms with van der Waals surface area (Å²) in [6.07, 6.45) is 0.0652. The van der Waals surface area contributed by atoms with Crippen molar-refractivity contribution in [2.45, 2.75) is 17.3 Å². The molecule has 1 amide bonds. The number of thioether (sulfide) groups is 1. The average Bonchev–Trinajstić information content (AvgIpc) is 2.45. The highest BCUT2D eigenvalue weighted by atomic mass is 35.5. The fourth-order valence-electron chi connectivity index (χ4n) is 1.68. The first-order chi connectivity index (χ1) is 10.5. The summed E-state index contributed by atoms with van der Waals surface area (Å²) >= 11 is 13.3. The zero-order valence-corrected chi connectivity index (χ0v) is 14.0. The van der Waals surface area contributed by atoms with Gasteiger partial charge in [0.1, 0.15) is 0 Å². The summed E-state index contributed by atoms with van der Waals surface area (Å²) in [5.74, 6) is 0.331. The molecule has 116 valence electrons. The second-order valence-corrected chi connectivity index (χ2v) is 6.22. The Morgan fingerprint density at radius 2 is 2.14 bits per heavy atom. The SMILES string of the molecule is CNC(=O)Cc1cc(=O)[nH]c(SCc2ccc(Cl)cc2Cl)n1. The van der Waals surface area contributed by atoms with Gasteiger partial charge in [-0.05, 0) is 17.7 Å². The summed E-state index contributed by atoms with van der Waals surface area (Å²) in [6.45, 7) is 0. The first-order valence-electron chi connectivity index (χ1n) is 6.35. The van der Waals surface area contributed by atoms with Gasteiger partial charge in [0.15, 0.2) is 5.16 Å². The van der Waals surface area contributed by atoms with Crippen molar-refractivity contribution in [3.8, 4) is 0 Å². The van der Waals surface area contributed by atoms with E-state index in [4.69, 9.17) is 23.2 Å². The number of amides is 1. The van der Waals surface area contributed by atoms with E-state index >= 15 is 0 Å². The van der Waals surface area contributed by atoms with Gasteiger partial charge in [0, 0.05) is 28.9 Å². The third kappa shape index (κ3) is 4.76. The van der Waals surface area contributed by atoms with Gasteiger partial charge in [0.05, 0.1) is 12.1 Å². The van der Waals surface area contributed by atoms with E-state index in [1.807, 2.05) is 6.07 Å². The number of rotatable bonds is 5. The Labute approximate surface area is 141 Å². The van der Waals surface area contributed by atoms with E-state index in [2.05, 4.69) is 15.3 Å². The molecule has 5 nitrogen and oxygen atoms in total. The predicted octanol–water partition coefficient (Wildman–Crippen LogP) is 2.66. The summed E-state index contributed by atoms with van der Waals surface area (Å²) < 4.78 is 0. The number of hydrogen-bond donors (Lipinski definition) is 2. The van der Waals surface area contributed by atoms with Crippen LogP contribution in [0.25, 0.3) is 0 Å². The molecular weight excluding hydrogens is 345 g/mol. The minimum Gasteiger partial charge on any atom is -0.359 e. The molecule has 1 aromatic carbocycles. The quantitative estimate of drug-likeness (QED) is 0.637. The minimum atomic E-state index is -0.293. The van der Waals surface area contributed by atoms with Crippen LogP contribution >= 0.6 is 35.0 Å². The van der Waals surface area contributed by atoms with Crippen molar-refractivity contribution >= 4 is 40.9 Å². The molecule has 0 aliphatic carbocycles. The number of nitrogens with zero attached hydrogens (tertiary/aromatic N) is 1. The third-order valence-electron chi connectivity index (χ3n) is 2.77. The molecule has 0 saturated heterocycles. The molecule has 0 fully saturated rings. The molecule has 0 saturated carbocycles. The molecular formula is C14H13Cl2N3O2S. The number of H-pyrrole nitrogens is 1. The number of halogens is 2. The second kappa shape index (κ2) is 7.67. The number of likely N-dealkylation sites (N-methyl/N-ethyl adjacent to an activating group) is 1. The Balaban J connectivity index is 2.12. The molecule has 0 radical (unpaired) electrons. The van der Waals surface area contributed by atoms with Crippen LogP contribution in [-0.2, 0) is 17.0 Å². The summed E-state index contributed by atoms with van der Waals surface area (Å²) in [7, 11) is 1.54. The van der Waals surface area contributed by atoms with Crippen LogP contribution in [0.4, 0.5) is 0 Å². The van der Waals surface area contributed by atoms with Crippen molar-refractivity contribution in [3.05, 3.63) is 55.9 Å². The monoisotopic (exact) mass is 357 g/mol. The molecule has 0 unspecified atom stereocenters. The van der Waals surface area contributed by atoms with Crippen molar-refractivity contribution in [1.29, 1.82) is 0 Å². The molecule has 0 atom stereocenters. The molecule has 2 rings (SSSR count). The Hall–Kier alpha value is -1.50. The maximum absolute atomic E-state index is 11.6. The highest BCUT2D eigenvalue weighted by molar-refractivity contribution is 7.98. The van der Waals surface area contributed by atoms with Crippen molar-refractivity contribution < 1.29 is 4.79 Å². The van der Waals surface area contributed by atoms with Crippen LogP contribution in [0.1, 0.15) is 11.3 Å². The Kier molecular flexibility index (Phi) is 5.88. The molecule has 2 aromatic rings. The summed E-state index contributed by atoms with van der Waals surface area (Å²) in [5.41, 5.74) is 1.02. The van der Waals surface area contributed by atoms with Gasteiger partial charge in [-0.3, -0.25) is 9.59 Å². The van der Waals surface area contributed by atoms with E-state index in [1.165, 1.54) is 24.9 Å². The van der Waals surface area contributed by atoms with Gasteiger partial charge in [-0.15, -0.1) is 0 Å². The number of benzene rings is 1. The molecule has 0 aliphatic rings. The third-order valence-corrected chi connectivity index (χ3v) is 4.28. The van der Waals surface area contributed by atoms with Crippen molar-refractivity contribution in [2.24, 2.45) is 0 Å². The predicted molar refractivity (Wildman–Crippen MR) is 88.7 cm³/mol. The normalized spacial score (nSPS) is 10.5. The lowest BCUT2D eigenvalue weighted by atomic mass is 10.2. The maximum atomic E-state index is 11.6. The number of nitrogens with one attached hydrogen (secondary N) is 2. The smallest absolute Gasteiger partial charge is 0.251 e. The molecule has 0 aliphatic heterocycles. The van der Waals surface area contributed by atoms with Gasteiger partial charge in [-0.2, -0.15) is 0 Å². The largest absolute Gasteiger partial charge is 0.359 e.